The lowest BCUT2D eigenvalue weighted by atomic mass is 9.96. The fourth-order valence-corrected chi connectivity index (χ4v) is 1.33. The molecular weight excluding hydrogens is 182 g/mol. The number of rotatable bonds is 3. The smallest absolute Gasteiger partial charge is 0.188 e. The summed E-state index contributed by atoms with van der Waals surface area (Å²) < 4.78 is 0. The molecule has 1 aromatic heterocycles. The first kappa shape index (κ1) is 10.3. The van der Waals surface area contributed by atoms with Gasteiger partial charge in [0.2, 0.25) is 0 Å². The number of thioether (sulfide) groups is 1. The van der Waals surface area contributed by atoms with Crippen LogP contribution in [0.4, 0.5) is 0 Å². The SMILES string of the molecule is C=CCSc1nnc(C(C)(C)C)[nH]1. The van der Waals surface area contributed by atoms with Crippen molar-refractivity contribution in [2.24, 2.45) is 0 Å². The summed E-state index contributed by atoms with van der Waals surface area (Å²) in [4.78, 5) is 3.18. The predicted molar refractivity (Wildman–Crippen MR) is 56.0 cm³/mol. The van der Waals surface area contributed by atoms with Crippen molar-refractivity contribution >= 4 is 11.8 Å². The van der Waals surface area contributed by atoms with Crippen LogP contribution >= 0.6 is 11.8 Å². The van der Waals surface area contributed by atoms with Gasteiger partial charge in [-0.05, 0) is 0 Å². The Morgan fingerprint density at radius 3 is 2.62 bits per heavy atom. The van der Waals surface area contributed by atoms with Gasteiger partial charge in [-0.2, -0.15) is 0 Å². The van der Waals surface area contributed by atoms with Gasteiger partial charge in [0.1, 0.15) is 5.82 Å². The Hall–Kier alpha value is -0.770. The monoisotopic (exact) mass is 197 g/mol. The molecular formula is C9H15N3S. The van der Waals surface area contributed by atoms with Gasteiger partial charge in [0.15, 0.2) is 5.16 Å². The lowest BCUT2D eigenvalue weighted by Gasteiger charge is -2.12. The number of nitrogens with one attached hydrogen (secondary N) is 1. The molecule has 0 saturated heterocycles. The summed E-state index contributed by atoms with van der Waals surface area (Å²) in [6.07, 6.45) is 1.85. The lowest BCUT2D eigenvalue weighted by Crippen LogP contribution is -2.13. The zero-order chi connectivity index (χ0) is 9.90. The van der Waals surface area contributed by atoms with Crippen molar-refractivity contribution < 1.29 is 0 Å². The quantitative estimate of drug-likeness (QED) is 0.597. The van der Waals surface area contributed by atoms with E-state index in [1.165, 1.54) is 0 Å². The standard InChI is InChI=1S/C9H15N3S/c1-5-6-13-8-10-7(11-12-8)9(2,3)4/h5H,1,6H2,2-4H3,(H,10,11,12). The van der Waals surface area contributed by atoms with Gasteiger partial charge in [0.25, 0.3) is 0 Å². The molecule has 1 heterocycles. The summed E-state index contributed by atoms with van der Waals surface area (Å²) >= 11 is 1.61. The van der Waals surface area contributed by atoms with E-state index in [1.807, 2.05) is 6.08 Å². The number of hydrogen-bond donors (Lipinski definition) is 1. The highest BCUT2D eigenvalue weighted by Crippen LogP contribution is 2.20. The first-order valence-electron chi connectivity index (χ1n) is 4.21. The number of aromatic amines is 1. The van der Waals surface area contributed by atoms with Crippen molar-refractivity contribution in [1.82, 2.24) is 15.2 Å². The summed E-state index contributed by atoms with van der Waals surface area (Å²) in [7, 11) is 0. The third kappa shape index (κ3) is 2.88. The molecule has 4 heteroatoms. The topological polar surface area (TPSA) is 41.6 Å². The highest BCUT2D eigenvalue weighted by atomic mass is 32.2. The second kappa shape index (κ2) is 3.96. The molecule has 0 aliphatic heterocycles. The Bertz CT molecular complexity index is 285. The minimum Gasteiger partial charge on any atom is -0.319 e. The molecule has 0 saturated carbocycles. The van der Waals surface area contributed by atoms with Gasteiger partial charge in [0.05, 0.1) is 0 Å². The van der Waals surface area contributed by atoms with Crippen LogP contribution in [-0.2, 0) is 5.41 Å². The molecule has 72 valence electrons. The maximum absolute atomic E-state index is 4.08. The van der Waals surface area contributed by atoms with Gasteiger partial charge >= 0.3 is 0 Å². The summed E-state index contributed by atoms with van der Waals surface area (Å²) in [5.41, 5.74) is 0.0417. The van der Waals surface area contributed by atoms with E-state index in [0.717, 1.165) is 16.7 Å². The van der Waals surface area contributed by atoms with Crippen molar-refractivity contribution in [2.45, 2.75) is 31.3 Å². The number of aromatic nitrogens is 3. The third-order valence-corrected chi connectivity index (χ3v) is 2.37. The van der Waals surface area contributed by atoms with E-state index < -0.39 is 0 Å². The fourth-order valence-electron chi connectivity index (χ4n) is 0.787. The molecule has 13 heavy (non-hydrogen) atoms. The molecule has 0 unspecified atom stereocenters. The van der Waals surface area contributed by atoms with Crippen LogP contribution in [0.5, 0.6) is 0 Å². The van der Waals surface area contributed by atoms with Gasteiger partial charge in [-0.3, -0.25) is 0 Å². The maximum atomic E-state index is 4.08. The zero-order valence-electron chi connectivity index (χ0n) is 8.29. The second-order valence-corrected chi connectivity index (χ2v) is 4.84. The van der Waals surface area contributed by atoms with Gasteiger partial charge in [-0.15, -0.1) is 16.8 Å². The van der Waals surface area contributed by atoms with E-state index >= 15 is 0 Å². The Balaban J connectivity index is 2.69. The van der Waals surface area contributed by atoms with Crippen LogP contribution in [0, 0.1) is 0 Å². The van der Waals surface area contributed by atoms with Gasteiger partial charge < -0.3 is 4.98 Å². The van der Waals surface area contributed by atoms with Gasteiger partial charge in [-0.25, -0.2) is 0 Å². The van der Waals surface area contributed by atoms with E-state index in [1.54, 1.807) is 11.8 Å². The normalized spacial score (nSPS) is 11.6. The third-order valence-electron chi connectivity index (χ3n) is 1.51. The molecule has 0 aromatic carbocycles. The zero-order valence-corrected chi connectivity index (χ0v) is 9.11. The number of H-pyrrole nitrogens is 1. The van der Waals surface area contributed by atoms with Crippen molar-refractivity contribution in [3.8, 4) is 0 Å². The van der Waals surface area contributed by atoms with Crippen LogP contribution in [0.25, 0.3) is 0 Å². The largest absolute Gasteiger partial charge is 0.319 e. The van der Waals surface area contributed by atoms with Gasteiger partial charge in [-0.1, -0.05) is 38.6 Å². The summed E-state index contributed by atoms with van der Waals surface area (Å²) in [6, 6.07) is 0. The molecule has 0 radical (unpaired) electrons. The van der Waals surface area contributed by atoms with Crippen LogP contribution in [-0.4, -0.2) is 20.9 Å². The molecule has 0 aliphatic rings. The number of nitrogens with zero attached hydrogens (tertiary/aromatic N) is 2. The lowest BCUT2D eigenvalue weighted by molar-refractivity contribution is 0.547. The van der Waals surface area contributed by atoms with Crippen LogP contribution in [0.2, 0.25) is 0 Å². The van der Waals surface area contributed by atoms with Crippen LogP contribution in [0.1, 0.15) is 26.6 Å². The molecule has 0 spiro atoms. The molecule has 0 atom stereocenters. The van der Waals surface area contributed by atoms with E-state index in [9.17, 15) is 0 Å². The van der Waals surface area contributed by atoms with Gasteiger partial charge in [0, 0.05) is 11.2 Å². The molecule has 0 bridgehead atoms. The van der Waals surface area contributed by atoms with Crippen molar-refractivity contribution in [3.63, 3.8) is 0 Å². The van der Waals surface area contributed by atoms with E-state index in [0.29, 0.717) is 0 Å². The molecule has 0 aliphatic carbocycles. The first-order valence-corrected chi connectivity index (χ1v) is 5.19. The average molecular weight is 197 g/mol. The summed E-state index contributed by atoms with van der Waals surface area (Å²) in [5, 5.41) is 8.98. The van der Waals surface area contributed by atoms with Crippen molar-refractivity contribution in [2.75, 3.05) is 5.75 Å². The summed E-state index contributed by atoms with van der Waals surface area (Å²) in [6.45, 7) is 9.97. The number of hydrogen-bond acceptors (Lipinski definition) is 3. The average Bonchev–Trinajstić information content (AvgIpc) is 2.47. The second-order valence-electron chi connectivity index (χ2n) is 3.83. The summed E-state index contributed by atoms with van der Waals surface area (Å²) in [5.74, 6) is 1.79. The van der Waals surface area contributed by atoms with E-state index in [4.69, 9.17) is 0 Å². The maximum Gasteiger partial charge on any atom is 0.188 e. The van der Waals surface area contributed by atoms with Crippen molar-refractivity contribution in [3.05, 3.63) is 18.5 Å². The molecule has 1 N–H and O–H groups in total. The Labute approximate surface area is 83.0 Å². The highest BCUT2D eigenvalue weighted by molar-refractivity contribution is 7.99. The van der Waals surface area contributed by atoms with E-state index in [-0.39, 0.29) is 5.41 Å². The van der Waals surface area contributed by atoms with Crippen LogP contribution in [0.3, 0.4) is 0 Å². The predicted octanol–water partition coefficient (Wildman–Crippen LogP) is 2.38. The van der Waals surface area contributed by atoms with E-state index in [2.05, 4.69) is 42.5 Å². The Morgan fingerprint density at radius 1 is 1.46 bits per heavy atom. The molecule has 3 nitrogen and oxygen atoms in total. The molecule has 0 fully saturated rings. The Kier molecular flexibility index (Phi) is 3.14. The molecule has 1 rings (SSSR count). The van der Waals surface area contributed by atoms with Crippen LogP contribution in [0.15, 0.2) is 17.8 Å². The first-order chi connectivity index (χ1) is 6.04. The molecule has 0 amide bonds. The minimum absolute atomic E-state index is 0.0417. The van der Waals surface area contributed by atoms with Crippen molar-refractivity contribution in [1.29, 1.82) is 0 Å². The van der Waals surface area contributed by atoms with Crippen LogP contribution < -0.4 is 0 Å². The minimum atomic E-state index is 0.0417. The Morgan fingerprint density at radius 2 is 2.15 bits per heavy atom. The highest BCUT2D eigenvalue weighted by Gasteiger charge is 2.18. The molecule has 1 aromatic rings. The fraction of sp³-hybridized carbons (Fsp3) is 0.556.